The highest BCUT2D eigenvalue weighted by Gasteiger charge is 2.37. The Morgan fingerprint density at radius 3 is 3.17 bits per heavy atom. The minimum Gasteiger partial charge on any atom is -0.360 e. The molecule has 2 rings (SSSR count). The van der Waals surface area contributed by atoms with Gasteiger partial charge >= 0.3 is 0 Å². The second kappa shape index (κ2) is 3.21. The molecule has 2 heterocycles. The molecule has 0 aliphatic carbocycles. The normalized spacial score (nSPS) is 27.7. The van der Waals surface area contributed by atoms with Crippen LogP contribution < -0.4 is 0 Å². The maximum Gasteiger partial charge on any atom is 0.142 e. The molecule has 0 aromatic carbocycles. The Morgan fingerprint density at radius 1 is 1.58 bits per heavy atom. The minimum absolute atomic E-state index is 0.116. The number of rotatable bonds is 3. The third kappa shape index (κ3) is 1.47. The molecule has 1 aliphatic heterocycles. The first kappa shape index (κ1) is 7.71. The largest absolute Gasteiger partial charge is 0.360 e. The van der Waals surface area contributed by atoms with Crippen LogP contribution in [0.15, 0.2) is 29.0 Å². The topological polar surface area (TPSA) is 29.6 Å². The van der Waals surface area contributed by atoms with E-state index in [1.165, 1.54) is 11.6 Å². The Kier molecular flexibility index (Phi) is 2.06. The molecule has 0 spiro atoms. The van der Waals surface area contributed by atoms with Crippen LogP contribution in [-0.2, 0) is 9.53 Å². The van der Waals surface area contributed by atoms with E-state index >= 15 is 0 Å². The molecule has 0 amide bonds. The van der Waals surface area contributed by atoms with Crippen LogP contribution in [0.4, 0.5) is 0 Å². The fourth-order valence-corrected chi connectivity index (χ4v) is 1.81. The maximum absolute atomic E-state index is 9.99. The highest BCUT2D eigenvalue weighted by molar-refractivity contribution is 7.07. The summed E-state index contributed by atoms with van der Waals surface area (Å²) in [6.45, 7) is 0. The van der Waals surface area contributed by atoms with E-state index in [1.54, 1.807) is 17.4 Å². The molecule has 0 radical (unpaired) electrons. The highest BCUT2D eigenvalue weighted by atomic mass is 32.1. The molecule has 1 saturated heterocycles. The average Bonchev–Trinajstić information content (AvgIpc) is 2.64. The van der Waals surface area contributed by atoms with Crippen molar-refractivity contribution in [2.24, 2.45) is 0 Å². The number of hydrogen-bond donors (Lipinski definition) is 0. The van der Waals surface area contributed by atoms with E-state index < -0.39 is 0 Å². The lowest BCUT2D eigenvalue weighted by atomic mass is 10.2. The molecule has 3 heteroatoms. The number of epoxide rings is 1. The number of ether oxygens (including phenoxy) is 1. The maximum atomic E-state index is 9.99. The van der Waals surface area contributed by atoms with Gasteiger partial charge in [-0.25, -0.2) is 0 Å². The van der Waals surface area contributed by atoms with Gasteiger partial charge in [0.25, 0.3) is 0 Å². The molecule has 12 heavy (non-hydrogen) atoms. The molecule has 62 valence electrons. The zero-order valence-corrected chi connectivity index (χ0v) is 7.16. The van der Waals surface area contributed by atoms with Gasteiger partial charge in [-0.1, -0.05) is 0 Å². The van der Waals surface area contributed by atoms with Crippen molar-refractivity contribution in [3.05, 3.63) is 34.5 Å². The van der Waals surface area contributed by atoms with Gasteiger partial charge in [-0.05, 0) is 34.5 Å². The van der Waals surface area contributed by atoms with Crippen LogP contribution in [0.3, 0.4) is 0 Å². The molecule has 1 aromatic rings. The molecule has 2 unspecified atom stereocenters. The molecule has 1 aliphatic rings. The van der Waals surface area contributed by atoms with Crippen LogP contribution in [-0.4, -0.2) is 12.4 Å². The van der Waals surface area contributed by atoms with E-state index in [0.717, 1.165) is 6.29 Å². The summed E-state index contributed by atoms with van der Waals surface area (Å²) >= 11 is 1.66. The van der Waals surface area contributed by atoms with Crippen LogP contribution in [0.5, 0.6) is 0 Å². The average molecular weight is 180 g/mol. The van der Waals surface area contributed by atoms with Gasteiger partial charge in [0.2, 0.25) is 0 Å². The molecule has 2 nitrogen and oxygen atoms in total. The monoisotopic (exact) mass is 180 g/mol. The van der Waals surface area contributed by atoms with Crippen molar-refractivity contribution < 1.29 is 9.53 Å². The van der Waals surface area contributed by atoms with Crippen molar-refractivity contribution in [1.82, 2.24) is 0 Å². The third-order valence-corrected chi connectivity index (χ3v) is 2.48. The summed E-state index contributed by atoms with van der Waals surface area (Å²) in [5.74, 6) is 0. The van der Waals surface area contributed by atoms with Crippen LogP contribution in [0.2, 0.25) is 0 Å². The number of allylic oxidation sites excluding steroid dienone is 1. The van der Waals surface area contributed by atoms with Crippen molar-refractivity contribution in [2.45, 2.75) is 12.2 Å². The van der Waals surface area contributed by atoms with E-state index in [0.29, 0.717) is 0 Å². The van der Waals surface area contributed by atoms with E-state index in [9.17, 15) is 4.79 Å². The zero-order chi connectivity index (χ0) is 8.39. The lowest BCUT2D eigenvalue weighted by Crippen LogP contribution is -1.80. The van der Waals surface area contributed by atoms with E-state index in [-0.39, 0.29) is 12.2 Å². The van der Waals surface area contributed by atoms with Crippen molar-refractivity contribution in [3.63, 3.8) is 0 Å². The predicted octanol–water partition coefficient (Wildman–Crippen LogP) is 1.94. The Labute approximate surface area is 74.5 Å². The van der Waals surface area contributed by atoms with Gasteiger partial charge in [0.15, 0.2) is 0 Å². The SMILES string of the molecule is O=C/C=C/C1OC1c1ccsc1. The first-order valence-electron chi connectivity index (χ1n) is 3.71. The van der Waals surface area contributed by atoms with Gasteiger partial charge in [-0.3, -0.25) is 4.79 Å². The number of carbonyl (C=O) groups excluding carboxylic acids is 1. The molecular formula is C9H8O2S. The summed E-state index contributed by atoms with van der Waals surface area (Å²) in [7, 11) is 0. The molecule has 1 fully saturated rings. The smallest absolute Gasteiger partial charge is 0.142 e. The van der Waals surface area contributed by atoms with Gasteiger partial charge in [-0.15, -0.1) is 0 Å². The fraction of sp³-hybridized carbons (Fsp3) is 0.222. The second-order valence-electron chi connectivity index (χ2n) is 2.60. The van der Waals surface area contributed by atoms with Gasteiger partial charge in [-0.2, -0.15) is 11.3 Å². The summed E-state index contributed by atoms with van der Waals surface area (Å²) in [4.78, 5) is 9.99. The quantitative estimate of drug-likeness (QED) is 0.404. The van der Waals surface area contributed by atoms with Crippen LogP contribution in [0, 0.1) is 0 Å². The molecular weight excluding hydrogens is 172 g/mol. The van der Waals surface area contributed by atoms with E-state index in [2.05, 4.69) is 5.38 Å². The second-order valence-corrected chi connectivity index (χ2v) is 3.38. The van der Waals surface area contributed by atoms with Crippen molar-refractivity contribution in [1.29, 1.82) is 0 Å². The lowest BCUT2D eigenvalue weighted by Gasteiger charge is -1.82. The van der Waals surface area contributed by atoms with Gasteiger partial charge in [0.1, 0.15) is 18.5 Å². The number of thiophene rings is 1. The third-order valence-electron chi connectivity index (χ3n) is 1.78. The first-order chi connectivity index (χ1) is 5.92. The Morgan fingerprint density at radius 2 is 2.50 bits per heavy atom. The highest BCUT2D eigenvalue weighted by Crippen LogP contribution is 2.40. The van der Waals surface area contributed by atoms with Crippen LogP contribution >= 0.6 is 11.3 Å². The van der Waals surface area contributed by atoms with Crippen molar-refractivity contribution in [3.8, 4) is 0 Å². The Hall–Kier alpha value is -0.930. The van der Waals surface area contributed by atoms with Crippen LogP contribution in [0.1, 0.15) is 11.7 Å². The minimum atomic E-state index is 0.116. The van der Waals surface area contributed by atoms with Gasteiger partial charge in [0, 0.05) is 0 Å². The predicted molar refractivity (Wildman–Crippen MR) is 47.1 cm³/mol. The molecule has 1 aromatic heterocycles. The van der Waals surface area contributed by atoms with Gasteiger partial charge < -0.3 is 4.74 Å². The number of aldehydes is 1. The Bertz CT molecular complexity index is 289. The molecule has 0 N–H and O–H groups in total. The summed E-state index contributed by atoms with van der Waals surface area (Å²) in [5, 5.41) is 4.09. The lowest BCUT2D eigenvalue weighted by molar-refractivity contribution is -0.104. The summed E-state index contributed by atoms with van der Waals surface area (Å²) in [6.07, 6.45) is 4.34. The first-order valence-corrected chi connectivity index (χ1v) is 4.65. The molecule has 0 bridgehead atoms. The number of hydrogen-bond acceptors (Lipinski definition) is 3. The van der Waals surface area contributed by atoms with Crippen molar-refractivity contribution in [2.75, 3.05) is 0 Å². The summed E-state index contributed by atoms with van der Waals surface area (Å²) in [6, 6.07) is 2.05. The number of carbonyl (C=O) groups is 1. The van der Waals surface area contributed by atoms with Crippen LogP contribution in [0.25, 0.3) is 0 Å². The zero-order valence-electron chi connectivity index (χ0n) is 6.34. The summed E-state index contributed by atoms with van der Waals surface area (Å²) in [5.41, 5.74) is 1.21. The fourth-order valence-electron chi connectivity index (χ4n) is 1.13. The van der Waals surface area contributed by atoms with Gasteiger partial charge in [0.05, 0.1) is 0 Å². The van der Waals surface area contributed by atoms with Crippen molar-refractivity contribution >= 4 is 17.6 Å². The Balaban J connectivity index is 1.96. The summed E-state index contributed by atoms with van der Waals surface area (Å²) < 4.78 is 5.32. The molecule has 0 saturated carbocycles. The van der Waals surface area contributed by atoms with E-state index in [4.69, 9.17) is 4.74 Å². The standard InChI is InChI=1S/C9H8O2S/c10-4-1-2-8-9(11-8)7-3-5-12-6-7/h1-6,8-9H/b2-1+. The molecule has 2 atom stereocenters. The van der Waals surface area contributed by atoms with E-state index in [1.807, 2.05) is 11.4 Å².